The van der Waals surface area contributed by atoms with Crippen molar-refractivity contribution < 1.29 is 4.74 Å². The van der Waals surface area contributed by atoms with Gasteiger partial charge in [-0.2, -0.15) is 0 Å². The highest BCUT2D eigenvalue weighted by Gasteiger charge is 2.05. The number of hydrogen-bond donors (Lipinski definition) is 1. The maximum absolute atomic E-state index is 6.21. The van der Waals surface area contributed by atoms with Crippen LogP contribution in [0.15, 0.2) is 41.0 Å². The van der Waals surface area contributed by atoms with Crippen molar-refractivity contribution in [2.45, 2.75) is 26.5 Å². The lowest BCUT2D eigenvalue weighted by atomic mass is 10.2. The first-order chi connectivity index (χ1) is 10.2. The number of aromatic nitrogens is 1. The predicted octanol–water partition coefficient (Wildman–Crippen LogP) is 4.58. The Balaban J connectivity index is 1.92. The van der Waals surface area contributed by atoms with Gasteiger partial charge in [0.1, 0.15) is 11.6 Å². The molecule has 21 heavy (non-hydrogen) atoms. The van der Waals surface area contributed by atoms with E-state index in [2.05, 4.69) is 33.2 Å². The monoisotopic (exact) mass is 368 g/mol. The van der Waals surface area contributed by atoms with E-state index in [1.54, 1.807) is 6.20 Å². The van der Waals surface area contributed by atoms with E-state index in [0.29, 0.717) is 17.5 Å². The molecule has 1 N–H and O–H groups in total. The first-order valence-electron chi connectivity index (χ1n) is 6.91. The molecule has 0 fully saturated rings. The summed E-state index contributed by atoms with van der Waals surface area (Å²) in [5.74, 6) is 0.471. The molecular weight excluding hydrogens is 352 g/mol. The van der Waals surface area contributed by atoms with Crippen LogP contribution in [-0.4, -0.2) is 11.5 Å². The molecule has 0 saturated carbocycles. The van der Waals surface area contributed by atoms with Crippen molar-refractivity contribution in [2.24, 2.45) is 0 Å². The molecule has 5 heteroatoms. The highest BCUT2D eigenvalue weighted by molar-refractivity contribution is 9.10. The number of ether oxygens (including phenoxy) is 1. The van der Waals surface area contributed by atoms with Crippen molar-refractivity contribution in [3.8, 4) is 5.88 Å². The summed E-state index contributed by atoms with van der Waals surface area (Å²) in [4.78, 5) is 4.29. The SMILES string of the molecule is CCCNCc1cnc(OCc2ccc(Br)cc2)c(Cl)c1. The zero-order valence-electron chi connectivity index (χ0n) is 11.9. The molecule has 0 unspecified atom stereocenters. The number of nitrogens with zero attached hydrogens (tertiary/aromatic N) is 1. The van der Waals surface area contributed by atoms with Gasteiger partial charge in [-0.3, -0.25) is 0 Å². The van der Waals surface area contributed by atoms with E-state index < -0.39 is 0 Å². The van der Waals surface area contributed by atoms with Gasteiger partial charge in [0, 0.05) is 17.2 Å². The highest BCUT2D eigenvalue weighted by Crippen LogP contribution is 2.23. The Morgan fingerprint density at radius 2 is 2.00 bits per heavy atom. The minimum atomic E-state index is 0.452. The van der Waals surface area contributed by atoms with E-state index >= 15 is 0 Å². The largest absolute Gasteiger partial charge is 0.472 e. The van der Waals surface area contributed by atoms with Crippen LogP contribution in [-0.2, 0) is 13.2 Å². The highest BCUT2D eigenvalue weighted by atomic mass is 79.9. The van der Waals surface area contributed by atoms with Crippen molar-refractivity contribution in [2.75, 3.05) is 6.54 Å². The second-order valence-electron chi connectivity index (χ2n) is 4.72. The molecule has 0 aliphatic heterocycles. The average Bonchev–Trinajstić information content (AvgIpc) is 2.48. The molecule has 2 aromatic rings. The smallest absolute Gasteiger partial charge is 0.232 e. The fraction of sp³-hybridized carbons (Fsp3) is 0.312. The lowest BCUT2D eigenvalue weighted by Gasteiger charge is -2.09. The van der Waals surface area contributed by atoms with Crippen LogP contribution in [0.25, 0.3) is 0 Å². The third kappa shape index (κ3) is 5.30. The fourth-order valence-electron chi connectivity index (χ4n) is 1.81. The van der Waals surface area contributed by atoms with E-state index in [-0.39, 0.29) is 0 Å². The van der Waals surface area contributed by atoms with Gasteiger partial charge in [0.15, 0.2) is 0 Å². The Morgan fingerprint density at radius 3 is 2.67 bits per heavy atom. The van der Waals surface area contributed by atoms with Gasteiger partial charge in [0.05, 0.1) is 0 Å². The topological polar surface area (TPSA) is 34.2 Å². The summed E-state index contributed by atoms with van der Waals surface area (Å²) >= 11 is 9.62. The van der Waals surface area contributed by atoms with Gasteiger partial charge in [0.25, 0.3) is 0 Å². The molecule has 0 aliphatic carbocycles. The number of rotatable bonds is 7. The molecule has 0 radical (unpaired) electrons. The standard InChI is InChI=1S/C16H18BrClN2O/c1-2-7-19-9-13-8-15(18)16(20-10-13)21-11-12-3-5-14(17)6-4-12/h3-6,8,10,19H,2,7,9,11H2,1H3. The molecule has 1 aromatic heterocycles. The first-order valence-corrected chi connectivity index (χ1v) is 8.08. The minimum Gasteiger partial charge on any atom is -0.472 e. The van der Waals surface area contributed by atoms with Gasteiger partial charge in [-0.15, -0.1) is 0 Å². The number of benzene rings is 1. The number of nitrogens with one attached hydrogen (secondary N) is 1. The summed E-state index contributed by atoms with van der Waals surface area (Å²) in [6.45, 7) is 4.34. The molecule has 0 spiro atoms. The summed E-state index contributed by atoms with van der Waals surface area (Å²) in [5.41, 5.74) is 2.13. The van der Waals surface area contributed by atoms with Crippen LogP contribution >= 0.6 is 27.5 Å². The third-order valence-corrected chi connectivity index (χ3v) is 3.71. The summed E-state index contributed by atoms with van der Waals surface area (Å²) < 4.78 is 6.71. The predicted molar refractivity (Wildman–Crippen MR) is 89.7 cm³/mol. The van der Waals surface area contributed by atoms with Crippen molar-refractivity contribution >= 4 is 27.5 Å². The van der Waals surface area contributed by atoms with E-state index in [9.17, 15) is 0 Å². The van der Waals surface area contributed by atoms with Crippen LogP contribution in [0.1, 0.15) is 24.5 Å². The molecule has 0 atom stereocenters. The van der Waals surface area contributed by atoms with Crippen LogP contribution in [0.5, 0.6) is 5.88 Å². The van der Waals surface area contributed by atoms with E-state index in [1.165, 1.54) is 0 Å². The van der Waals surface area contributed by atoms with Crippen LogP contribution in [0.4, 0.5) is 0 Å². The van der Waals surface area contributed by atoms with Crippen LogP contribution in [0.2, 0.25) is 5.02 Å². The van der Waals surface area contributed by atoms with Crippen molar-refractivity contribution in [1.29, 1.82) is 0 Å². The lowest BCUT2D eigenvalue weighted by molar-refractivity contribution is 0.294. The fourth-order valence-corrected chi connectivity index (χ4v) is 2.32. The second kappa shape index (κ2) is 8.37. The van der Waals surface area contributed by atoms with E-state index in [4.69, 9.17) is 16.3 Å². The van der Waals surface area contributed by atoms with Crippen LogP contribution in [0.3, 0.4) is 0 Å². The Bertz CT molecular complexity index is 575. The maximum atomic E-state index is 6.21. The Hall–Kier alpha value is -1.10. The maximum Gasteiger partial charge on any atom is 0.232 e. The van der Waals surface area contributed by atoms with Crippen LogP contribution < -0.4 is 10.1 Å². The van der Waals surface area contributed by atoms with Crippen molar-refractivity contribution in [3.05, 3.63) is 57.2 Å². The third-order valence-electron chi connectivity index (χ3n) is 2.91. The normalized spacial score (nSPS) is 10.6. The molecule has 0 bridgehead atoms. The Labute approximate surface area is 138 Å². The second-order valence-corrected chi connectivity index (χ2v) is 6.05. The number of pyridine rings is 1. The Kier molecular flexibility index (Phi) is 6.49. The zero-order valence-corrected chi connectivity index (χ0v) is 14.2. The van der Waals surface area contributed by atoms with E-state index in [0.717, 1.165) is 35.1 Å². The summed E-state index contributed by atoms with van der Waals surface area (Å²) in [5, 5.41) is 3.86. The molecule has 2 rings (SSSR count). The first kappa shape index (κ1) is 16.3. The average molecular weight is 370 g/mol. The number of halogens is 2. The quantitative estimate of drug-likeness (QED) is 0.726. The lowest BCUT2D eigenvalue weighted by Crippen LogP contribution is -2.14. The molecule has 3 nitrogen and oxygen atoms in total. The van der Waals surface area contributed by atoms with Gasteiger partial charge in [0.2, 0.25) is 5.88 Å². The van der Waals surface area contributed by atoms with Gasteiger partial charge in [-0.05, 0) is 42.3 Å². The van der Waals surface area contributed by atoms with Gasteiger partial charge >= 0.3 is 0 Å². The van der Waals surface area contributed by atoms with Crippen LogP contribution in [0, 0.1) is 0 Å². The summed E-state index contributed by atoms with van der Waals surface area (Å²) in [7, 11) is 0. The van der Waals surface area contributed by atoms with Gasteiger partial charge in [-0.1, -0.05) is 46.6 Å². The molecule has 0 amide bonds. The Morgan fingerprint density at radius 1 is 1.24 bits per heavy atom. The number of hydrogen-bond acceptors (Lipinski definition) is 3. The minimum absolute atomic E-state index is 0.452. The summed E-state index contributed by atoms with van der Waals surface area (Å²) in [6.07, 6.45) is 2.90. The molecule has 1 aromatic carbocycles. The molecule has 0 saturated heterocycles. The van der Waals surface area contributed by atoms with Crippen molar-refractivity contribution in [1.82, 2.24) is 10.3 Å². The molecular formula is C16H18BrClN2O. The van der Waals surface area contributed by atoms with Crippen molar-refractivity contribution in [3.63, 3.8) is 0 Å². The van der Waals surface area contributed by atoms with Gasteiger partial charge < -0.3 is 10.1 Å². The van der Waals surface area contributed by atoms with Gasteiger partial charge in [-0.25, -0.2) is 4.98 Å². The molecule has 1 heterocycles. The molecule has 0 aliphatic rings. The van der Waals surface area contributed by atoms with E-state index in [1.807, 2.05) is 30.3 Å². The molecule has 112 valence electrons. The summed E-state index contributed by atoms with van der Waals surface area (Å²) in [6, 6.07) is 9.86. The zero-order chi connectivity index (χ0) is 15.1.